The van der Waals surface area contributed by atoms with E-state index in [-0.39, 0.29) is 11.7 Å². The first-order valence-electron chi connectivity index (χ1n) is 10.4. The summed E-state index contributed by atoms with van der Waals surface area (Å²) in [5, 5.41) is 12.5. The fourth-order valence-corrected chi connectivity index (χ4v) is 3.22. The number of aromatic hydroxyl groups is 1. The lowest BCUT2D eigenvalue weighted by molar-refractivity contribution is -0.111. The molecule has 0 aliphatic rings. The molecule has 7 nitrogen and oxygen atoms in total. The summed E-state index contributed by atoms with van der Waals surface area (Å²) in [6.07, 6.45) is 6.95. The van der Waals surface area contributed by atoms with Crippen LogP contribution in [0.4, 0.5) is 5.69 Å². The molecule has 1 amide bonds. The molecule has 3 rings (SSSR count). The number of rotatable bonds is 9. The van der Waals surface area contributed by atoms with E-state index in [9.17, 15) is 9.90 Å². The Balaban J connectivity index is 1.65. The number of carbonyl (C=O) groups is 1. The third-order valence-electron chi connectivity index (χ3n) is 4.96. The van der Waals surface area contributed by atoms with Crippen molar-refractivity contribution in [1.29, 1.82) is 0 Å². The highest BCUT2D eigenvalue weighted by Crippen LogP contribution is 2.38. The van der Waals surface area contributed by atoms with Gasteiger partial charge in [-0.25, -0.2) is 0 Å². The lowest BCUT2D eigenvalue weighted by atomic mass is 10.1. The fourth-order valence-electron chi connectivity index (χ4n) is 3.22. The van der Waals surface area contributed by atoms with Crippen molar-refractivity contribution < 1.29 is 28.8 Å². The zero-order valence-corrected chi connectivity index (χ0v) is 19.5. The molecular formula is C27H27NO6. The maximum atomic E-state index is 12.2. The number of methoxy groups -OCH3 is 4. The number of anilines is 1. The lowest BCUT2D eigenvalue weighted by Crippen LogP contribution is -2.07. The zero-order chi connectivity index (χ0) is 24.5. The van der Waals surface area contributed by atoms with Gasteiger partial charge in [0.05, 0.1) is 28.4 Å². The van der Waals surface area contributed by atoms with Crippen molar-refractivity contribution in [2.75, 3.05) is 33.8 Å². The average Bonchev–Trinajstić information content (AvgIpc) is 2.87. The zero-order valence-electron chi connectivity index (χ0n) is 19.5. The standard InChI is InChI=1S/C27H27NO6/c1-31-23-15-19(9-13-22(23)29)10-14-26(30)28-21-11-7-18(8-12-21)5-6-20-16-24(32-2)27(34-4)25(17-20)33-3/h5-17,29H,1-4H3,(H,28,30)/b6-5+,14-10+. The molecule has 3 aromatic rings. The van der Waals surface area contributed by atoms with E-state index in [1.54, 1.807) is 39.5 Å². The van der Waals surface area contributed by atoms with Crippen molar-refractivity contribution in [3.05, 3.63) is 77.4 Å². The van der Waals surface area contributed by atoms with Crippen LogP contribution in [0.5, 0.6) is 28.7 Å². The molecule has 176 valence electrons. The normalized spacial score (nSPS) is 10.9. The van der Waals surface area contributed by atoms with Gasteiger partial charge in [-0.15, -0.1) is 0 Å². The Bertz CT molecular complexity index is 1170. The maximum Gasteiger partial charge on any atom is 0.248 e. The van der Waals surface area contributed by atoms with Crippen molar-refractivity contribution in [3.8, 4) is 28.7 Å². The van der Waals surface area contributed by atoms with E-state index in [0.717, 1.165) is 16.7 Å². The number of phenols is 1. The van der Waals surface area contributed by atoms with Crippen LogP contribution in [0.2, 0.25) is 0 Å². The minimum absolute atomic E-state index is 0.0449. The van der Waals surface area contributed by atoms with E-state index >= 15 is 0 Å². The van der Waals surface area contributed by atoms with E-state index in [2.05, 4.69) is 5.32 Å². The summed E-state index contributed by atoms with van der Waals surface area (Å²) in [4.78, 5) is 12.2. The largest absolute Gasteiger partial charge is 0.504 e. The number of benzene rings is 3. The van der Waals surface area contributed by atoms with Gasteiger partial charge in [-0.2, -0.15) is 0 Å². The van der Waals surface area contributed by atoms with E-state index in [1.165, 1.54) is 19.3 Å². The Hall–Kier alpha value is -4.39. The van der Waals surface area contributed by atoms with Crippen molar-refractivity contribution in [2.24, 2.45) is 0 Å². The molecule has 0 fully saturated rings. The van der Waals surface area contributed by atoms with Crippen LogP contribution in [0.3, 0.4) is 0 Å². The molecule has 0 aliphatic carbocycles. The Kier molecular flexibility index (Phi) is 8.18. The predicted molar refractivity (Wildman–Crippen MR) is 134 cm³/mol. The monoisotopic (exact) mass is 461 g/mol. The second-order valence-electron chi connectivity index (χ2n) is 7.17. The third kappa shape index (κ3) is 6.10. The Morgan fingerprint density at radius 1 is 0.706 bits per heavy atom. The minimum atomic E-state index is -0.271. The summed E-state index contributed by atoms with van der Waals surface area (Å²) in [6.45, 7) is 0. The van der Waals surface area contributed by atoms with E-state index < -0.39 is 0 Å². The molecule has 0 aliphatic heterocycles. The van der Waals surface area contributed by atoms with Crippen LogP contribution in [0.25, 0.3) is 18.2 Å². The molecule has 0 bridgehead atoms. The third-order valence-corrected chi connectivity index (χ3v) is 4.96. The predicted octanol–water partition coefficient (Wildman–Crippen LogP) is 5.25. The molecule has 7 heteroatoms. The van der Waals surface area contributed by atoms with Gasteiger partial charge in [0.1, 0.15) is 0 Å². The summed E-state index contributed by atoms with van der Waals surface area (Å²) < 4.78 is 21.2. The van der Waals surface area contributed by atoms with Crippen molar-refractivity contribution in [2.45, 2.75) is 0 Å². The summed E-state index contributed by atoms with van der Waals surface area (Å²) in [5.74, 6) is 1.83. The van der Waals surface area contributed by atoms with Crippen LogP contribution < -0.4 is 24.3 Å². The number of hydrogen-bond acceptors (Lipinski definition) is 6. The molecule has 3 aromatic carbocycles. The van der Waals surface area contributed by atoms with Gasteiger partial charge < -0.3 is 29.4 Å². The van der Waals surface area contributed by atoms with Crippen LogP contribution >= 0.6 is 0 Å². The second-order valence-corrected chi connectivity index (χ2v) is 7.17. The quantitative estimate of drug-likeness (QED) is 0.334. The highest BCUT2D eigenvalue weighted by atomic mass is 16.5. The Morgan fingerprint density at radius 3 is 1.85 bits per heavy atom. The van der Waals surface area contributed by atoms with Crippen molar-refractivity contribution in [1.82, 2.24) is 0 Å². The minimum Gasteiger partial charge on any atom is -0.504 e. The molecule has 2 N–H and O–H groups in total. The van der Waals surface area contributed by atoms with Gasteiger partial charge in [0.2, 0.25) is 11.7 Å². The summed E-state index contributed by atoms with van der Waals surface area (Å²) in [6, 6.07) is 16.0. The van der Waals surface area contributed by atoms with Gasteiger partial charge >= 0.3 is 0 Å². The molecular weight excluding hydrogens is 434 g/mol. The molecule has 0 aromatic heterocycles. The maximum absolute atomic E-state index is 12.2. The Morgan fingerprint density at radius 2 is 1.26 bits per heavy atom. The lowest BCUT2D eigenvalue weighted by Gasteiger charge is -2.12. The van der Waals surface area contributed by atoms with Crippen LogP contribution in [0, 0.1) is 0 Å². The molecule has 34 heavy (non-hydrogen) atoms. The van der Waals surface area contributed by atoms with Crippen molar-refractivity contribution in [3.63, 3.8) is 0 Å². The summed E-state index contributed by atoms with van der Waals surface area (Å²) in [5.41, 5.74) is 3.25. The second kappa shape index (κ2) is 11.5. The summed E-state index contributed by atoms with van der Waals surface area (Å²) >= 11 is 0. The number of amides is 1. The van der Waals surface area contributed by atoms with Crippen LogP contribution in [-0.4, -0.2) is 39.5 Å². The number of phenolic OH excluding ortho intramolecular Hbond substituents is 1. The van der Waals surface area contributed by atoms with Crippen molar-refractivity contribution >= 4 is 29.8 Å². The van der Waals surface area contributed by atoms with E-state index in [1.807, 2.05) is 48.6 Å². The van der Waals surface area contributed by atoms with Gasteiger partial charge in [-0.3, -0.25) is 4.79 Å². The summed E-state index contributed by atoms with van der Waals surface area (Å²) in [7, 11) is 6.19. The van der Waals surface area contributed by atoms with Crippen LogP contribution in [-0.2, 0) is 4.79 Å². The first-order chi connectivity index (χ1) is 16.5. The van der Waals surface area contributed by atoms with E-state index in [4.69, 9.17) is 18.9 Å². The number of hydrogen-bond donors (Lipinski definition) is 2. The molecule has 0 radical (unpaired) electrons. The first kappa shape index (κ1) is 24.3. The number of carbonyl (C=O) groups excluding carboxylic acids is 1. The van der Waals surface area contributed by atoms with Crippen LogP contribution in [0.1, 0.15) is 16.7 Å². The molecule has 0 spiro atoms. The molecule has 0 atom stereocenters. The van der Waals surface area contributed by atoms with Gasteiger partial charge in [-0.05, 0) is 59.2 Å². The van der Waals surface area contributed by atoms with Gasteiger partial charge in [0.15, 0.2) is 23.0 Å². The molecule has 0 saturated carbocycles. The van der Waals surface area contributed by atoms with Gasteiger partial charge in [-0.1, -0.05) is 30.4 Å². The smallest absolute Gasteiger partial charge is 0.248 e. The van der Waals surface area contributed by atoms with Gasteiger partial charge in [0.25, 0.3) is 0 Å². The van der Waals surface area contributed by atoms with Crippen LogP contribution in [0.15, 0.2) is 60.7 Å². The van der Waals surface area contributed by atoms with Gasteiger partial charge in [0, 0.05) is 11.8 Å². The highest BCUT2D eigenvalue weighted by Gasteiger charge is 2.12. The fraction of sp³-hybridized carbons (Fsp3) is 0.148. The SMILES string of the molecule is COc1cc(/C=C/C(=O)Nc2ccc(/C=C/c3cc(OC)c(OC)c(OC)c3)cc2)ccc1O. The molecule has 0 saturated heterocycles. The Labute approximate surface area is 198 Å². The molecule has 0 heterocycles. The number of nitrogens with one attached hydrogen (secondary N) is 1. The molecule has 0 unspecified atom stereocenters. The number of ether oxygens (including phenoxy) is 4. The average molecular weight is 462 g/mol. The first-order valence-corrected chi connectivity index (χ1v) is 10.4. The highest BCUT2D eigenvalue weighted by molar-refractivity contribution is 6.02. The van der Waals surface area contributed by atoms with E-state index in [0.29, 0.717) is 28.7 Å². The topological polar surface area (TPSA) is 86.3 Å².